The van der Waals surface area contributed by atoms with Crippen molar-refractivity contribution in [1.29, 1.82) is 0 Å². The third kappa shape index (κ3) is 7.37. The first-order chi connectivity index (χ1) is 17.2. The summed E-state index contributed by atoms with van der Waals surface area (Å²) in [4.78, 5) is 2.24. The molecule has 0 unspecified atom stereocenters. The molecule has 5 rings (SSSR count). The molecule has 0 amide bonds. The first-order valence-corrected chi connectivity index (χ1v) is 12.4. The van der Waals surface area contributed by atoms with Crippen molar-refractivity contribution >= 4 is 0 Å². The van der Waals surface area contributed by atoms with Gasteiger partial charge in [0.05, 0.1) is 6.10 Å². The van der Waals surface area contributed by atoms with Crippen molar-refractivity contribution in [2.24, 2.45) is 0 Å². The summed E-state index contributed by atoms with van der Waals surface area (Å²) in [5, 5.41) is 9.00. The van der Waals surface area contributed by atoms with Gasteiger partial charge < -0.3 is 14.7 Å². The van der Waals surface area contributed by atoms with Crippen LogP contribution in [-0.4, -0.2) is 36.2 Å². The number of ether oxygens (including phenoxy) is 1. The fourth-order valence-corrected chi connectivity index (χ4v) is 4.34. The van der Waals surface area contributed by atoms with Crippen LogP contribution in [0.15, 0.2) is 121 Å². The highest BCUT2D eigenvalue weighted by atomic mass is 16.5. The van der Waals surface area contributed by atoms with Gasteiger partial charge in [-0.05, 0) is 42.1 Å². The second-order valence-electron chi connectivity index (χ2n) is 9.07. The molecule has 0 radical (unpaired) electrons. The minimum atomic E-state index is -0.141. The molecule has 0 spiro atoms. The number of hydrogen-bond acceptors (Lipinski definition) is 3. The van der Waals surface area contributed by atoms with E-state index in [1.54, 1.807) is 0 Å². The van der Waals surface area contributed by atoms with Crippen LogP contribution in [0, 0.1) is 0 Å². The molecular formula is C32H35NO2. The van der Waals surface area contributed by atoms with Crippen molar-refractivity contribution in [1.82, 2.24) is 4.90 Å². The minimum absolute atomic E-state index is 0.0220. The number of piperidine rings is 1. The zero-order valence-electron chi connectivity index (χ0n) is 20.4. The number of rotatable bonds is 6. The lowest BCUT2D eigenvalue weighted by atomic mass is 9.98. The molecule has 180 valence electrons. The van der Waals surface area contributed by atoms with E-state index in [1.165, 1.54) is 0 Å². The summed E-state index contributed by atoms with van der Waals surface area (Å²) >= 11 is 0. The Morgan fingerprint density at radius 1 is 0.571 bits per heavy atom. The van der Waals surface area contributed by atoms with Crippen LogP contribution in [0.5, 0.6) is 0 Å². The van der Waals surface area contributed by atoms with E-state index in [2.05, 4.69) is 109 Å². The lowest BCUT2D eigenvalue weighted by molar-refractivity contribution is 0.0308. The summed E-state index contributed by atoms with van der Waals surface area (Å²) < 4.78 is 6.79. The number of aliphatic hydroxyl groups is 1. The molecule has 1 N–H and O–H groups in total. The lowest BCUT2D eigenvalue weighted by Crippen LogP contribution is -2.32. The van der Waals surface area contributed by atoms with Crippen LogP contribution in [0.2, 0.25) is 0 Å². The Labute approximate surface area is 209 Å². The van der Waals surface area contributed by atoms with Gasteiger partial charge in [0.25, 0.3) is 0 Å². The van der Waals surface area contributed by atoms with Crippen LogP contribution in [0.25, 0.3) is 0 Å². The van der Waals surface area contributed by atoms with E-state index in [1.807, 2.05) is 24.3 Å². The summed E-state index contributed by atoms with van der Waals surface area (Å²) in [6.07, 6.45) is 1.61. The third-order valence-corrected chi connectivity index (χ3v) is 6.37. The van der Waals surface area contributed by atoms with Gasteiger partial charge in [0.15, 0.2) is 0 Å². The van der Waals surface area contributed by atoms with E-state index in [-0.39, 0.29) is 18.3 Å². The fourth-order valence-electron chi connectivity index (χ4n) is 4.34. The van der Waals surface area contributed by atoms with Gasteiger partial charge in [-0.1, -0.05) is 121 Å². The van der Waals surface area contributed by atoms with E-state index < -0.39 is 0 Å². The smallest absolute Gasteiger partial charge is 0.109 e. The molecule has 1 fully saturated rings. The molecule has 1 aliphatic heterocycles. The summed E-state index contributed by atoms with van der Waals surface area (Å²) in [6, 6.07) is 41.7. The Kier molecular flexibility index (Phi) is 9.24. The van der Waals surface area contributed by atoms with E-state index in [0.717, 1.165) is 48.2 Å². The standard InChI is InChI=1S/C26H22O.C6H13NO/c1-5-13-21(14-6-1)25(22-15-7-2-8-16-22)27-26(23-17-9-3-10-18-23)24-19-11-4-12-20-24;1-7-4-2-6(8)3-5-7/h1-20,25-26H;6,8H,2-5H2,1H3. The topological polar surface area (TPSA) is 32.7 Å². The molecule has 1 saturated heterocycles. The Bertz CT molecular complexity index is 925. The van der Waals surface area contributed by atoms with Crippen molar-refractivity contribution < 1.29 is 9.84 Å². The van der Waals surface area contributed by atoms with Gasteiger partial charge >= 0.3 is 0 Å². The van der Waals surface area contributed by atoms with Gasteiger partial charge in [-0.15, -0.1) is 0 Å². The third-order valence-electron chi connectivity index (χ3n) is 6.37. The molecule has 1 aliphatic rings. The number of aliphatic hydroxyl groups excluding tert-OH is 1. The van der Waals surface area contributed by atoms with Crippen molar-refractivity contribution in [3.05, 3.63) is 144 Å². The van der Waals surface area contributed by atoms with Crippen LogP contribution in [0.3, 0.4) is 0 Å². The second-order valence-corrected chi connectivity index (χ2v) is 9.07. The molecular weight excluding hydrogens is 430 g/mol. The molecule has 0 saturated carbocycles. The maximum atomic E-state index is 9.00. The van der Waals surface area contributed by atoms with Gasteiger partial charge in [0.1, 0.15) is 12.2 Å². The quantitative estimate of drug-likeness (QED) is 0.346. The normalized spacial score (nSPS) is 14.5. The second kappa shape index (κ2) is 13.0. The molecule has 35 heavy (non-hydrogen) atoms. The Hall–Kier alpha value is -3.24. The number of likely N-dealkylation sites (tertiary alicyclic amines) is 1. The van der Waals surface area contributed by atoms with Gasteiger partial charge in [0.2, 0.25) is 0 Å². The van der Waals surface area contributed by atoms with Crippen molar-refractivity contribution in [3.8, 4) is 0 Å². The predicted octanol–water partition coefficient (Wildman–Crippen LogP) is 6.66. The monoisotopic (exact) mass is 465 g/mol. The number of nitrogens with zero attached hydrogens (tertiary/aromatic N) is 1. The first-order valence-electron chi connectivity index (χ1n) is 12.4. The zero-order valence-corrected chi connectivity index (χ0v) is 20.4. The summed E-state index contributed by atoms with van der Waals surface area (Å²) in [5.41, 5.74) is 4.61. The van der Waals surface area contributed by atoms with Gasteiger partial charge in [-0.25, -0.2) is 0 Å². The Morgan fingerprint density at radius 3 is 1.11 bits per heavy atom. The molecule has 1 heterocycles. The van der Waals surface area contributed by atoms with Crippen LogP contribution in [0.4, 0.5) is 0 Å². The van der Waals surface area contributed by atoms with Crippen molar-refractivity contribution in [3.63, 3.8) is 0 Å². The Balaban J connectivity index is 0.000000308. The van der Waals surface area contributed by atoms with Crippen LogP contribution >= 0.6 is 0 Å². The Morgan fingerprint density at radius 2 is 0.857 bits per heavy atom. The fraction of sp³-hybridized carbons (Fsp3) is 0.250. The average molecular weight is 466 g/mol. The minimum Gasteiger partial charge on any atom is -0.393 e. The summed E-state index contributed by atoms with van der Waals surface area (Å²) in [6.45, 7) is 2.11. The highest BCUT2D eigenvalue weighted by Crippen LogP contribution is 2.35. The SMILES string of the molecule is CN1CCC(O)CC1.c1ccc(C(OC(c2ccccc2)c2ccccc2)c2ccccc2)cc1. The average Bonchev–Trinajstić information content (AvgIpc) is 2.93. The van der Waals surface area contributed by atoms with Crippen LogP contribution < -0.4 is 0 Å². The molecule has 0 aromatic heterocycles. The molecule has 3 nitrogen and oxygen atoms in total. The van der Waals surface area contributed by atoms with E-state index in [4.69, 9.17) is 9.84 Å². The van der Waals surface area contributed by atoms with E-state index >= 15 is 0 Å². The summed E-state index contributed by atoms with van der Waals surface area (Å²) in [7, 11) is 2.09. The van der Waals surface area contributed by atoms with Crippen molar-refractivity contribution in [2.45, 2.75) is 31.2 Å². The van der Waals surface area contributed by atoms with Crippen LogP contribution in [0.1, 0.15) is 47.3 Å². The largest absolute Gasteiger partial charge is 0.393 e. The zero-order chi connectivity index (χ0) is 24.3. The molecule has 0 aliphatic carbocycles. The summed E-state index contributed by atoms with van der Waals surface area (Å²) in [5.74, 6) is 0. The molecule has 4 aromatic rings. The molecule has 3 heteroatoms. The molecule has 4 aromatic carbocycles. The van der Waals surface area contributed by atoms with Gasteiger partial charge in [-0.3, -0.25) is 0 Å². The van der Waals surface area contributed by atoms with Crippen molar-refractivity contribution in [2.75, 3.05) is 20.1 Å². The molecule has 0 atom stereocenters. The van der Waals surface area contributed by atoms with Crippen LogP contribution in [-0.2, 0) is 4.74 Å². The maximum absolute atomic E-state index is 9.00. The number of hydrogen-bond donors (Lipinski definition) is 1. The van der Waals surface area contributed by atoms with Gasteiger partial charge in [-0.2, -0.15) is 0 Å². The highest BCUT2D eigenvalue weighted by molar-refractivity contribution is 5.33. The van der Waals surface area contributed by atoms with E-state index in [9.17, 15) is 0 Å². The predicted molar refractivity (Wildman–Crippen MR) is 143 cm³/mol. The maximum Gasteiger partial charge on any atom is 0.109 e. The van der Waals surface area contributed by atoms with Gasteiger partial charge in [0, 0.05) is 13.1 Å². The highest BCUT2D eigenvalue weighted by Gasteiger charge is 2.22. The number of benzene rings is 4. The molecule has 0 bridgehead atoms. The van der Waals surface area contributed by atoms with E-state index in [0.29, 0.717) is 0 Å². The first kappa shape index (κ1) is 24.9. The lowest BCUT2D eigenvalue weighted by Gasteiger charge is -2.26.